The molecule has 2 aliphatic heterocycles. The number of halogens is 1. The van der Waals surface area contributed by atoms with Gasteiger partial charge in [0.1, 0.15) is 23.0 Å². The van der Waals surface area contributed by atoms with Crippen LogP contribution in [0.15, 0.2) is 71.7 Å². The number of amides is 1. The van der Waals surface area contributed by atoms with Crippen LogP contribution in [0.2, 0.25) is 5.02 Å². The maximum absolute atomic E-state index is 13.1. The molecule has 0 aliphatic carbocycles. The monoisotopic (exact) mass is 461 g/mol. The lowest BCUT2D eigenvalue weighted by atomic mass is 10.1. The molecule has 2 aliphatic rings. The molecule has 0 unspecified atom stereocenters. The Labute approximate surface area is 198 Å². The Kier molecular flexibility index (Phi) is 5.68. The maximum atomic E-state index is 13.1. The van der Waals surface area contributed by atoms with Crippen molar-refractivity contribution in [1.82, 2.24) is 9.80 Å². The summed E-state index contributed by atoms with van der Waals surface area (Å²) in [6, 6.07) is 20.6. The molecule has 0 saturated carbocycles. The molecule has 1 fully saturated rings. The predicted octanol–water partition coefficient (Wildman–Crippen LogP) is 5.38. The van der Waals surface area contributed by atoms with Crippen molar-refractivity contribution in [3.8, 4) is 17.2 Å². The minimum atomic E-state index is -0.0126. The van der Waals surface area contributed by atoms with Gasteiger partial charge in [0.05, 0.1) is 12.7 Å². The second kappa shape index (κ2) is 8.79. The van der Waals surface area contributed by atoms with Gasteiger partial charge in [-0.3, -0.25) is 4.79 Å². The highest BCUT2D eigenvalue weighted by Crippen LogP contribution is 2.39. The van der Waals surface area contributed by atoms with E-state index < -0.39 is 0 Å². The van der Waals surface area contributed by atoms with Crippen molar-refractivity contribution in [2.75, 3.05) is 26.7 Å². The van der Waals surface area contributed by atoms with Gasteiger partial charge in [0, 0.05) is 36.3 Å². The Morgan fingerprint density at radius 1 is 1.06 bits per heavy atom. The van der Waals surface area contributed by atoms with Gasteiger partial charge in [0.25, 0.3) is 5.91 Å². The first-order valence-corrected chi connectivity index (χ1v) is 11.3. The molecular weight excluding hydrogens is 438 g/mol. The molecule has 1 atom stereocenters. The Hall–Kier alpha value is -3.51. The fourth-order valence-electron chi connectivity index (χ4n) is 4.31. The molecule has 7 heteroatoms. The number of methoxy groups -OCH3 is 1. The van der Waals surface area contributed by atoms with Crippen LogP contribution in [0.4, 0.5) is 5.69 Å². The molecule has 1 saturated heterocycles. The lowest BCUT2D eigenvalue weighted by molar-refractivity contribution is 0.0581. The molecule has 6 nitrogen and oxygen atoms in total. The first kappa shape index (κ1) is 21.3. The topological polar surface area (TPSA) is 54.4 Å². The molecule has 3 aromatic carbocycles. The molecule has 0 radical (unpaired) electrons. The standard InChI is InChI=1S/C26H24ClN3O3/c1-17-16-29(12-13-30(17)26(31)18-6-5-7-19(27)14-18)25-21-15-20(32-2)10-11-23(21)33-24-9-4-3-8-22(24)28-25/h3-11,14-15,17H,12-13,16H2,1-2H3/t17-/m1/s1. The van der Waals surface area contributed by atoms with E-state index in [4.69, 9.17) is 26.1 Å². The first-order valence-electron chi connectivity index (χ1n) is 10.9. The molecular formula is C26H24ClN3O3. The Morgan fingerprint density at radius 3 is 2.70 bits per heavy atom. The lowest BCUT2D eigenvalue weighted by Gasteiger charge is -2.41. The van der Waals surface area contributed by atoms with Crippen LogP contribution < -0.4 is 9.47 Å². The third-order valence-corrected chi connectivity index (χ3v) is 6.23. The molecule has 2 heterocycles. The third-order valence-electron chi connectivity index (χ3n) is 6.00. The summed E-state index contributed by atoms with van der Waals surface area (Å²) in [5.74, 6) is 2.98. The molecule has 33 heavy (non-hydrogen) atoms. The summed E-state index contributed by atoms with van der Waals surface area (Å²) >= 11 is 6.10. The highest BCUT2D eigenvalue weighted by Gasteiger charge is 2.32. The molecule has 0 bridgehead atoms. The van der Waals surface area contributed by atoms with Crippen molar-refractivity contribution < 1.29 is 14.3 Å². The van der Waals surface area contributed by atoms with E-state index in [0.29, 0.717) is 36.0 Å². The minimum absolute atomic E-state index is 0.0109. The zero-order valence-electron chi connectivity index (χ0n) is 18.5. The maximum Gasteiger partial charge on any atom is 0.254 e. The number of benzene rings is 3. The summed E-state index contributed by atoms with van der Waals surface area (Å²) in [4.78, 5) is 22.2. The van der Waals surface area contributed by atoms with Crippen LogP contribution in [-0.2, 0) is 0 Å². The van der Waals surface area contributed by atoms with E-state index in [2.05, 4.69) is 11.8 Å². The number of ether oxygens (including phenoxy) is 2. The summed E-state index contributed by atoms with van der Waals surface area (Å²) in [6.45, 7) is 3.92. The van der Waals surface area contributed by atoms with E-state index in [1.54, 1.807) is 31.4 Å². The zero-order valence-corrected chi connectivity index (χ0v) is 19.2. The van der Waals surface area contributed by atoms with Gasteiger partial charge in [-0.2, -0.15) is 0 Å². The summed E-state index contributed by atoms with van der Waals surface area (Å²) in [5, 5.41) is 0.559. The van der Waals surface area contributed by atoms with Gasteiger partial charge < -0.3 is 19.3 Å². The summed E-state index contributed by atoms with van der Waals surface area (Å²) in [6.07, 6.45) is 0. The fourth-order valence-corrected chi connectivity index (χ4v) is 4.50. The molecule has 1 amide bonds. The average Bonchev–Trinajstić information content (AvgIpc) is 3.00. The smallest absolute Gasteiger partial charge is 0.254 e. The van der Waals surface area contributed by atoms with E-state index in [1.165, 1.54) is 0 Å². The van der Waals surface area contributed by atoms with Crippen molar-refractivity contribution in [2.24, 2.45) is 4.99 Å². The number of hydrogen-bond donors (Lipinski definition) is 0. The lowest BCUT2D eigenvalue weighted by Crippen LogP contribution is -2.55. The minimum Gasteiger partial charge on any atom is -0.497 e. The number of amidine groups is 1. The number of nitrogens with zero attached hydrogens (tertiary/aromatic N) is 3. The van der Waals surface area contributed by atoms with E-state index >= 15 is 0 Å². The van der Waals surface area contributed by atoms with Gasteiger partial charge in [0.2, 0.25) is 0 Å². The van der Waals surface area contributed by atoms with Crippen LogP contribution in [0.25, 0.3) is 0 Å². The Balaban J connectivity index is 1.47. The van der Waals surface area contributed by atoms with E-state index in [9.17, 15) is 4.79 Å². The molecule has 168 valence electrons. The fraction of sp³-hybridized carbons (Fsp3) is 0.231. The number of carbonyl (C=O) groups is 1. The molecule has 0 N–H and O–H groups in total. The Bertz CT molecular complexity index is 1240. The second-order valence-corrected chi connectivity index (χ2v) is 8.61. The van der Waals surface area contributed by atoms with Gasteiger partial charge >= 0.3 is 0 Å². The van der Waals surface area contributed by atoms with Crippen molar-refractivity contribution >= 4 is 29.0 Å². The summed E-state index contributed by atoms with van der Waals surface area (Å²) in [7, 11) is 1.65. The number of carbonyl (C=O) groups excluding carboxylic acids is 1. The normalized spacial score (nSPS) is 17.3. The molecule has 0 aromatic heterocycles. The van der Waals surface area contributed by atoms with Crippen molar-refractivity contribution in [3.63, 3.8) is 0 Å². The van der Waals surface area contributed by atoms with Crippen LogP contribution in [-0.4, -0.2) is 54.3 Å². The highest BCUT2D eigenvalue weighted by atomic mass is 35.5. The van der Waals surface area contributed by atoms with Crippen LogP contribution in [0.5, 0.6) is 17.2 Å². The van der Waals surface area contributed by atoms with E-state index in [0.717, 1.165) is 28.6 Å². The predicted molar refractivity (Wildman–Crippen MR) is 129 cm³/mol. The van der Waals surface area contributed by atoms with Gasteiger partial charge in [-0.15, -0.1) is 0 Å². The van der Waals surface area contributed by atoms with Gasteiger partial charge in [-0.1, -0.05) is 29.8 Å². The third kappa shape index (κ3) is 4.14. The van der Waals surface area contributed by atoms with Crippen LogP contribution in [0.1, 0.15) is 22.8 Å². The van der Waals surface area contributed by atoms with E-state index in [1.807, 2.05) is 47.4 Å². The van der Waals surface area contributed by atoms with Crippen LogP contribution >= 0.6 is 11.6 Å². The van der Waals surface area contributed by atoms with Gasteiger partial charge in [-0.25, -0.2) is 4.99 Å². The van der Waals surface area contributed by atoms with Crippen LogP contribution in [0, 0.1) is 0 Å². The summed E-state index contributed by atoms with van der Waals surface area (Å²) < 4.78 is 11.7. The van der Waals surface area contributed by atoms with Crippen molar-refractivity contribution in [2.45, 2.75) is 13.0 Å². The quantitative estimate of drug-likeness (QED) is 0.514. The Morgan fingerprint density at radius 2 is 1.91 bits per heavy atom. The number of piperazine rings is 1. The average molecular weight is 462 g/mol. The number of hydrogen-bond acceptors (Lipinski definition) is 5. The number of rotatable bonds is 2. The molecule has 5 rings (SSSR count). The van der Waals surface area contributed by atoms with Gasteiger partial charge in [-0.05, 0) is 55.5 Å². The van der Waals surface area contributed by atoms with Gasteiger partial charge in [0.15, 0.2) is 5.75 Å². The zero-order chi connectivity index (χ0) is 22.9. The van der Waals surface area contributed by atoms with Crippen molar-refractivity contribution in [1.29, 1.82) is 0 Å². The van der Waals surface area contributed by atoms with E-state index in [-0.39, 0.29) is 11.9 Å². The van der Waals surface area contributed by atoms with Crippen molar-refractivity contribution in [3.05, 3.63) is 82.9 Å². The van der Waals surface area contributed by atoms with Crippen LogP contribution in [0.3, 0.4) is 0 Å². The largest absolute Gasteiger partial charge is 0.497 e. The number of fused-ring (bicyclic) bond motifs is 2. The molecule has 0 spiro atoms. The highest BCUT2D eigenvalue weighted by molar-refractivity contribution is 6.31. The molecule has 3 aromatic rings. The number of para-hydroxylation sites is 2. The summed E-state index contributed by atoms with van der Waals surface area (Å²) in [5.41, 5.74) is 2.24. The first-order chi connectivity index (χ1) is 16.0. The second-order valence-electron chi connectivity index (χ2n) is 8.17. The number of aliphatic imine (C=N–C) groups is 1. The SMILES string of the molecule is COc1ccc2c(c1)C(N1CCN(C(=O)c3cccc(Cl)c3)[C@H](C)C1)=Nc1ccccc1O2.